The lowest BCUT2D eigenvalue weighted by Gasteiger charge is -2.30. The lowest BCUT2D eigenvalue weighted by atomic mass is 10.2. The van der Waals surface area contributed by atoms with Gasteiger partial charge in [0.05, 0.1) is 5.69 Å². The smallest absolute Gasteiger partial charge is 0.238 e. The van der Waals surface area contributed by atoms with Gasteiger partial charge in [0.2, 0.25) is 11.8 Å². The quantitative estimate of drug-likeness (QED) is 0.861. The number of aliphatic imine (C=N–C) groups is 1. The Bertz CT molecular complexity index is 883. The van der Waals surface area contributed by atoms with Crippen LogP contribution in [-0.2, 0) is 9.59 Å². The summed E-state index contributed by atoms with van der Waals surface area (Å²) >= 11 is 1.25. The molecule has 2 aromatic rings. The standard InChI is InChI=1S/C20H20FN3O2S/c1-3-24-18(25)12-17(19(26)22-16-6-4-5-13(2)11-16)27-20(24)23-15-9-7-14(21)8-10-15/h4-11,17H,3,12H2,1-2H3,(H,22,26). The van der Waals surface area contributed by atoms with E-state index in [9.17, 15) is 14.0 Å². The monoisotopic (exact) mass is 385 g/mol. The Hall–Kier alpha value is -2.67. The zero-order chi connectivity index (χ0) is 19.4. The molecule has 0 bridgehead atoms. The van der Waals surface area contributed by atoms with Crippen molar-refractivity contribution in [2.24, 2.45) is 4.99 Å². The maximum absolute atomic E-state index is 13.1. The molecule has 2 aromatic carbocycles. The molecule has 1 saturated heterocycles. The average molecular weight is 385 g/mol. The van der Waals surface area contributed by atoms with Gasteiger partial charge in [0.15, 0.2) is 5.17 Å². The van der Waals surface area contributed by atoms with Gasteiger partial charge in [-0.05, 0) is 55.8 Å². The Morgan fingerprint density at radius 2 is 2.04 bits per heavy atom. The van der Waals surface area contributed by atoms with Crippen LogP contribution in [0, 0.1) is 12.7 Å². The van der Waals surface area contributed by atoms with Crippen molar-refractivity contribution in [2.75, 3.05) is 11.9 Å². The van der Waals surface area contributed by atoms with Crippen LogP contribution in [0.25, 0.3) is 0 Å². The number of hydrogen-bond donors (Lipinski definition) is 1. The minimum absolute atomic E-state index is 0.110. The van der Waals surface area contributed by atoms with E-state index >= 15 is 0 Å². The summed E-state index contributed by atoms with van der Waals surface area (Å²) in [5, 5.41) is 2.74. The molecule has 1 atom stereocenters. The van der Waals surface area contributed by atoms with Crippen LogP contribution in [0.3, 0.4) is 0 Å². The van der Waals surface area contributed by atoms with Crippen molar-refractivity contribution >= 4 is 40.1 Å². The lowest BCUT2D eigenvalue weighted by Crippen LogP contribution is -2.45. The maximum atomic E-state index is 13.1. The predicted octanol–water partition coefficient (Wildman–Crippen LogP) is 4.11. The first kappa shape index (κ1) is 19.1. The zero-order valence-corrected chi connectivity index (χ0v) is 15.9. The molecule has 1 unspecified atom stereocenters. The summed E-state index contributed by atoms with van der Waals surface area (Å²) in [6.07, 6.45) is 0.110. The molecule has 5 nitrogen and oxygen atoms in total. The maximum Gasteiger partial charge on any atom is 0.238 e. The number of halogens is 1. The third-order valence-electron chi connectivity index (χ3n) is 4.09. The molecular weight excluding hydrogens is 365 g/mol. The molecule has 0 saturated carbocycles. The van der Waals surface area contributed by atoms with Crippen molar-refractivity contribution in [1.82, 2.24) is 4.90 Å². The molecule has 3 rings (SSSR count). The van der Waals surface area contributed by atoms with Crippen molar-refractivity contribution in [1.29, 1.82) is 0 Å². The molecule has 27 heavy (non-hydrogen) atoms. The fourth-order valence-corrected chi connectivity index (χ4v) is 3.89. The molecule has 1 aliphatic heterocycles. The second kappa shape index (κ2) is 8.35. The summed E-state index contributed by atoms with van der Waals surface area (Å²) < 4.78 is 13.1. The molecule has 0 spiro atoms. The number of nitrogens with zero attached hydrogens (tertiary/aromatic N) is 2. The van der Waals surface area contributed by atoms with Crippen LogP contribution in [0.5, 0.6) is 0 Å². The van der Waals surface area contributed by atoms with Gasteiger partial charge in [0.25, 0.3) is 0 Å². The van der Waals surface area contributed by atoms with Crippen LogP contribution in [0.15, 0.2) is 53.5 Å². The van der Waals surface area contributed by atoms with E-state index in [0.29, 0.717) is 23.1 Å². The number of nitrogens with one attached hydrogen (secondary N) is 1. The van der Waals surface area contributed by atoms with Gasteiger partial charge in [-0.3, -0.25) is 14.5 Å². The molecule has 140 valence electrons. The van der Waals surface area contributed by atoms with Gasteiger partial charge in [-0.1, -0.05) is 23.9 Å². The lowest BCUT2D eigenvalue weighted by molar-refractivity contribution is -0.129. The van der Waals surface area contributed by atoms with Gasteiger partial charge >= 0.3 is 0 Å². The number of amides is 2. The van der Waals surface area contributed by atoms with E-state index in [1.807, 2.05) is 38.1 Å². The van der Waals surface area contributed by atoms with Crippen LogP contribution in [0.1, 0.15) is 18.9 Å². The van der Waals surface area contributed by atoms with Gasteiger partial charge < -0.3 is 5.32 Å². The largest absolute Gasteiger partial charge is 0.325 e. The van der Waals surface area contributed by atoms with E-state index < -0.39 is 5.25 Å². The van der Waals surface area contributed by atoms with E-state index in [1.165, 1.54) is 36.0 Å². The third-order valence-corrected chi connectivity index (χ3v) is 5.27. The van der Waals surface area contributed by atoms with E-state index in [4.69, 9.17) is 0 Å². The predicted molar refractivity (Wildman–Crippen MR) is 107 cm³/mol. The summed E-state index contributed by atoms with van der Waals surface area (Å²) in [5.74, 6) is -0.739. The van der Waals surface area contributed by atoms with Crippen LogP contribution in [-0.4, -0.2) is 33.7 Å². The average Bonchev–Trinajstić information content (AvgIpc) is 2.63. The van der Waals surface area contributed by atoms with Crippen molar-refractivity contribution < 1.29 is 14.0 Å². The highest BCUT2D eigenvalue weighted by Crippen LogP contribution is 2.29. The zero-order valence-electron chi connectivity index (χ0n) is 15.1. The van der Waals surface area contributed by atoms with Gasteiger partial charge in [-0.2, -0.15) is 0 Å². The first-order valence-corrected chi connectivity index (χ1v) is 9.53. The van der Waals surface area contributed by atoms with Crippen LogP contribution in [0.4, 0.5) is 15.8 Å². The van der Waals surface area contributed by atoms with Crippen LogP contribution >= 0.6 is 11.8 Å². The highest BCUT2D eigenvalue weighted by molar-refractivity contribution is 8.15. The highest BCUT2D eigenvalue weighted by atomic mass is 32.2. The van der Waals surface area contributed by atoms with Crippen LogP contribution in [0.2, 0.25) is 0 Å². The van der Waals surface area contributed by atoms with E-state index in [-0.39, 0.29) is 24.1 Å². The second-order valence-electron chi connectivity index (χ2n) is 6.18. The first-order chi connectivity index (χ1) is 13.0. The summed E-state index contributed by atoms with van der Waals surface area (Å²) in [6, 6.07) is 13.2. The number of hydrogen-bond acceptors (Lipinski definition) is 4. The molecule has 0 aliphatic carbocycles. The molecule has 1 heterocycles. The number of carbonyl (C=O) groups excluding carboxylic acids is 2. The van der Waals surface area contributed by atoms with Gasteiger partial charge in [0.1, 0.15) is 11.1 Å². The molecule has 1 fully saturated rings. The number of carbonyl (C=O) groups is 2. The van der Waals surface area contributed by atoms with Crippen molar-refractivity contribution in [2.45, 2.75) is 25.5 Å². The topological polar surface area (TPSA) is 61.8 Å². The number of amidine groups is 1. The van der Waals surface area contributed by atoms with Crippen molar-refractivity contribution in [3.8, 4) is 0 Å². The SMILES string of the molecule is CCN1C(=O)CC(C(=O)Nc2cccc(C)c2)SC1=Nc1ccc(F)cc1. The Balaban J connectivity index is 1.80. The summed E-state index contributed by atoms with van der Waals surface area (Å²) in [7, 11) is 0. The highest BCUT2D eigenvalue weighted by Gasteiger charge is 2.35. The van der Waals surface area contributed by atoms with E-state index in [1.54, 1.807) is 4.90 Å². The molecule has 1 N–H and O–H groups in total. The number of rotatable bonds is 4. The van der Waals surface area contributed by atoms with E-state index in [0.717, 1.165) is 5.56 Å². The Morgan fingerprint density at radius 1 is 1.30 bits per heavy atom. The second-order valence-corrected chi connectivity index (χ2v) is 7.35. The third kappa shape index (κ3) is 4.74. The molecule has 0 aromatic heterocycles. The molecular formula is C20H20FN3O2S. The fraction of sp³-hybridized carbons (Fsp3) is 0.250. The van der Waals surface area contributed by atoms with Gasteiger partial charge in [-0.15, -0.1) is 0 Å². The molecule has 7 heteroatoms. The summed E-state index contributed by atoms with van der Waals surface area (Å²) in [5.41, 5.74) is 2.27. The molecule has 0 radical (unpaired) electrons. The number of aryl methyl sites for hydroxylation is 1. The summed E-state index contributed by atoms with van der Waals surface area (Å²) in [4.78, 5) is 31.1. The number of benzene rings is 2. The van der Waals surface area contributed by atoms with Crippen molar-refractivity contribution in [3.05, 3.63) is 59.9 Å². The van der Waals surface area contributed by atoms with Gasteiger partial charge in [-0.25, -0.2) is 9.38 Å². The number of anilines is 1. The normalized spacial score (nSPS) is 18.6. The first-order valence-electron chi connectivity index (χ1n) is 8.65. The number of thioether (sulfide) groups is 1. The van der Waals surface area contributed by atoms with Crippen LogP contribution < -0.4 is 5.32 Å². The minimum Gasteiger partial charge on any atom is -0.325 e. The fourth-order valence-electron chi connectivity index (χ4n) is 2.72. The molecule has 2 amide bonds. The Morgan fingerprint density at radius 3 is 2.70 bits per heavy atom. The summed E-state index contributed by atoms with van der Waals surface area (Å²) in [6.45, 7) is 4.25. The Kier molecular flexibility index (Phi) is 5.91. The van der Waals surface area contributed by atoms with Gasteiger partial charge in [0, 0.05) is 18.7 Å². The Labute approximate surface area is 161 Å². The minimum atomic E-state index is -0.569. The van der Waals surface area contributed by atoms with Crippen molar-refractivity contribution in [3.63, 3.8) is 0 Å². The molecule has 1 aliphatic rings. The van der Waals surface area contributed by atoms with E-state index in [2.05, 4.69) is 10.3 Å².